The second-order valence-electron chi connectivity index (χ2n) is 6.06. The SMILES string of the molecule is CC(C)N(Cc1ccccc1)C(=O)N/C=C/C1CCCC1. The highest BCUT2D eigenvalue weighted by atomic mass is 16.2. The van der Waals surface area contributed by atoms with Gasteiger partial charge in [0.05, 0.1) is 0 Å². The summed E-state index contributed by atoms with van der Waals surface area (Å²) in [6.45, 7) is 4.73. The van der Waals surface area contributed by atoms with Gasteiger partial charge in [-0.3, -0.25) is 0 Å². The van der Waals surface area contributed by atoms with Gasteiger partial charge >= 0.3 is 6.03 Å². The van der Waals surface area contributed by atoms with Crippen LogP contribution in [0.25, 0.3) is 0 Å². The zero-order valence-electron chi connectivity index (χ0n) is 13.1. The number of nitrogens with one attached hydrogen (secondary N) is 1. The predicted molar refractivity (Wildman–Crippen MR) is 86.8 cm³/mol. The van der Waals surface area contributed by atoms with Crippen LogP contribution in [0.4, 0.5) is 4.79 Å². The van der Waals surface area contributed by atoms with E-state index < -0.39 is 0 Å². The zero-order chi connectivity index (χ0) is 15.1. The highest BCUT2D eigenvalue weighted by Crippen LogP contribution is 2.25. The number of allylic oxidation sites excluding steroid dienone is 1. The summed E-state index contributed by atoms with van der Waals surface area (Å²) >= 11 is 0. The first-order chi connectivity index (χ1) is 10.2. The fraction of sp³-hybridized carbons (Fsp3) is 0.500. The molecule has 0 aromatic heterocycles. The van der Waals surface area contributed by atoms with Crippen molar-refractivity contribution >= 4 is 6.03 Å². The Morgan fingerprint density at radius 2 is 1.95 bits per heavy atom. The molecular weight excluding hydrogens is 260 g/mol. The van der Waals surface area contributed by atoms with E-state index in [9.17, 15) is 4.79 Å². The lowest BCUT2D eigenvalue weighted by Gasteiger charge is -2.26. The Balaban J connectivity index is 1.89. The maximum Gasteiger partial charge on any atom is 0.321 e. The maximum absolute atomic E-state index is 12.3. The van der Waals surface area contributed by atoms with Crippen LogP contribution in [0.1, 0.15) is 45.1 Å². The molecule has 0 saturated heterocycles. The van der Waals surface area contributed by atoms with Crippen molar-refractivity contribution in [1.82, 2.24) is 10.2 Å². The average Bonchev–Trinajstić information content (AvgIpc) is 2.98. The van der Waals surface area contributed by atoms with Gasteiger partial charge < -0.3 is 10.2 Å². The van der Waals surface area contributed by atoms with Crippen LogP contribution in [0.3, 0.4) is 0 Å². The van der Waals surface area contributed by atoms with Gasteiger partial charge in [-0.15, -0.1) is 0 Å². The van der Waals surface area contributed by atoms with Crippen molar-refractivity contribution in [3.8, 4) is 0 Å². The minimum atomic E-state index is -0.0249. The Hall–Kier alpha value is -1.77. The molecule has 1 N–H and O–H groups in total. The summed E-state index contributed by atoms with van der Waals surface area (Å²) in [4.78, 5) is 14.2. The lowest BCUT2D eigenvalue weighted by atomic mass is 10.1. The molecule has 0 spiro atoms. The molecule has 1 aromatic rings. The van der Waals surface area contributed by atoms with Crippen molar-refractivity contribution in [1.29, 1.82) is 0 Å². The smallest absolute Gasteiger partial charge is 0.318 e. The molecule has 2 amide bonds. The number of benzene rings is 1. The van der Waals surface area contributed by atoms with Crippen LogP contribution in [-0.2, 0) is 6.54 Å². The first kappa shape index (κ1) is 15.6. The highest BCUT2D eigenvalue weighted by Gasteiger charge is 2.16. The monoisotopic (exact) mass is 286 g/mol. The van der Waals surface area contributed by atoms with E-state index in [1.54, 1.807) is 0 Å². The van der Waals surface area contributed by atoms with Crippen molar-refractivity contribution in [2.24, 2.45) is 5.92 Å². The second kappa shape index (κ2) is 7.87. The van der Waals surface area contributed by atoms with Gasteiger partial charge in [-0.1, -0.05) is 49.2 Å². The van der Waals surface area contributed by atoms with Gasteiger partial charge in [-0.2, -0.15) is 0 Å². The molecule has 0 unspecified atom stereocenters. The number of hydrogen-bond acceptors (Lipinski definition) is 1. The quantitative estimate of drug-likeness (QED) is 0.859. The van der Waals surface area contributed by atoms with E-state index in [2.05, 4.69) is 23.5 Å². The Morgan fingerprint density at radius 1 is 1.29 bits per heavy atom. The number of carbonyl (C=O) groups excluding carboxylic acids is 1. The third-order valence-corrected chi connectivity index (χ3v) is 4.05. The van der Waals surface area contributed by atoms with Crippen LogP contribution in [-0.4, -0.2) is 17.0 Å². The van der Waals surface area contributed by atoms with Crippen molar-refractivity contribution in [2.75, 3.05) is 0 Å². The summed E-state index contributed by atoms with van der Waals surface area (Å²) in [7, 11) is 0. The number of rotatable bonds is 5. The van der Waals surface area contributed by atoms with Gasteiger partial charge in [0.2, 0.25) is 0 Å². The predicted octanol–water partition coefficient (Wildman–Crippen LogP) is 4.31. The average molecular weight is 286 g/mol. The molecule has 0 radical (unpaired) electrons. The summed E-state index contributed by atoms with van der Waals surface area (Å²) < 4.78 is 0. The minimum Gasteiger partial charge on any atom is -0.318 e. The van der Waals surface area contributed by atoms with Gasteiger partial charge in [0.1, 0.15) is 0 Å². The number of nitrogens with zero attached hydrogens (tertiary/aromatic N) is 1. The lowest BCUT2D eigenvalue weighted by Crippen LogP contribution is -2.41. The Morgan fingerprint density at radius 3 is 2.57 bits per heavy atom. The molecule has 1 aliphatic carbocycles. The maximum atomic E-state index is 12.3. The molecule has 0 atom stereocenters. The molecule has 3 heteroatoms. The van der Waals surface area contributed by atoms with E-state index >= 15 is 0 Å². The molecule has 1 saturated carbocycles. The summed E-state index contributed by atoms with van der Waals surface area (Å²) in [5, 5.41) is 2.92. The van der Waals surface area contributed by atoms with Gasteiger partial charge in [-0.05, 0) is 38.2 Å². The first-order valence-corrected chi connectivity index (χ1v) is 7.94. The van der Waals surface area contributed by atoms with E-state index in [1.807, 2.05) is 43.1 Å². The zero-order valence-corrected chi connectivity index (χ0v) is 13.1. The van der Waals surface area contributed by atoms with Gasteiger partial charge in [0.25, 0.3) is 0 Å². The van der Waals surface area contributed by atoms with Crippen LogP contribution in [0.15, 0.2) is 42.6 Å². The summed E-state index contributed by atoms with van der Waals surface area (Å²) in [5.74, 6) is 0.645. The van der Waals surface area contributed by atoms with Crippen molar-refractivity contribution in [3.63, 3.8) is 0 Å². The van der Waals surface area contributed by atoms with Crippen molar-refractivity contribution in [3.05, 3.63) is 48.2 Å². The Labute approximate surface area is 128 Å². The third-order valence-electron chi connectivity index (χ3n) is 4.05. The van der Waals surface area contributed by atoms with Gasteiger partial charge in [-0.25, -0.2) is 4.79 Å². The normalized spacial score (nSPS) is 15.8. The van der Waals surface area contributed by atoms with Crippen molar-refractivity contribution in [2.45, 2.75) is 52.1 Å². The van der Waals surface area contributed by atoms with Crippen LogP contribution >= 0.6 is 0 Å². The molecule has 1 aromatic carbocycles. The molecule has 1 aliphatic rings. The topological polar surface area (TPSA) is 32.3 Å². The second-order valence-corrected chi connectivity index (χ2v) is 6.06. The fourth-order valence-corrected chi connectivity index (χ4v) is 2.76. The summed E-state index contributed by atoms with van der Waals surface area (Å²) in [6, 6.07) is 10.3. The van der Waals surface area contributed by atoms with E-state index in [0.717, 1.165) is 5.56 Å². The molecule has 2 rings (SSSR count). The fourth-order valence-electron chi connectivity index (χ4n) is 2.76. The largest absolute Gasteiger partial charge is 0.321 e. The van der Waals surface area contributed by atoms with Crippen LogP contribution in [0.5, 0.6) is 0 Å². The third kappa shape index (κ3) is 4.92. The molecule has 0 heterocycles. The molecule has 1 fully saturated rings. The summed E-state index contributed by atoms with van der Waals surface area (Å²) in [5.41, 5.74) is 1.15. The van der Waals surface area contributed by atoms with Crippen molar-refractivity contribution < 1.29 is 4.79 Å². The molecule has 114 valence electrons. The molecule has 3 nitrogen and oxygen atoms in total. The van der Waals surface area contributed by atoms with Gasteiger partial charge in [0, 0.05) is 18.8 Å². The van der Waals surface area contributed by atoms with E-state index in [0.29, 0.717) is 12.5 Å². The minimum absolute atomic E-state index is 0.0249. The Bertz CT molecular complexity index is 461. The molecular formula is C18H26N2O. The standard InChI is InChI=1S/C18H26N2O/c1-15(2)20(14-17-10-4-3-5-11-17)18(21)19-13-12-16-8-6-7-9-16/h3-5,10-13,15-16H,6-9,14H2,1-2H3,(H,19,21)/b13-12+. The molecule has 21 heavy (non-hydrogen) atoms. The van der Waals surface area contributed by atoms with E-state index in [4.69, 9.17) is 0 Å². The molecule has 0 bridgehead atoms. The lowest BCUT2D eigenvalue weighted by molar-refractivity contribution is 0.183. The number of urea groups is 1. The van der Waals surface area contributed by atoms with E-state index in [1.165, 1.54) is 25.7 Å². The highest BCUT2D eigenvalue weighted by molar-refractivity contribution is 5.75. The number of amides is 2. The van der Waals surface area contributed by atoms with Crippen LogP contribution in [0.2, 0.25) is 0 Å². The van der Waals surface area contributed by atoms with Crippen LogP contribution < -0.4 is 5.32 Å². The number of hydrogen-bond donors (Lipinski definition) is 1. The molecule has 0 aliphatic heterocycles. The van der Waals surface area contributed by atoms with E-state index in [-0.39, 0.29) is 12.1 Å². The number of carbonyl (C=O) groups is 1. The first-order valence-electron chi connectivity index (χ1n) is 7.94. The van der Waals surface area contributed by atoms with Gasteiger partial charge in [0.15, 0.2) is 0 Å². The van der Waals surface area contributed by atoms with Crippen LogP contribution in [0, 0.1) is 5.92 Å². The Kier molecular flexibility index (Phi) is 5.85. The summed E-state index contributed by atoms with van der Waals surface area (Å²) in [6.07, 6.45) is 9.11.